The number of nitrogens with zero attached hydrogens (tertiary/aromatic N) is 4. The molecule has 148 valence electrons. The number of thiocarbonyl (C=S) groups is 1. The number of benzene rings is 1. The van der Waals surface area contributed by atoms with Gasteiger partial charge in [-0.2, -0.15) is 0 Å². The van der Waals surface area contributed by atoms with E-state index in [1.54, 1.807) is 6.08 Å². The van der Waals surface area contributed by atoms with Crippen molar-refractivity contribution in [3.63, 3.8) is 0 Å². The quantitative estimate of drug-likeness (QED) is 0.433. The second-order valence-corrected chi connectivity index (χ2v) is 6.83. The van der Waals surface area contributed by atoms with Crippen molar-refractivity contribution in [2.45, 2.75) is 27.7 Å². The zero-order valence-corrected chi connectivity index (χ0v) is 17.6. The summed E-state index contributed by atoms with van der Waals surface area (Å²) in [4.78, 5) is 33.0. The monoisotopic (exact) mass is 398 g/mol. The predicted octanol–water partition coefficient (Wildman–Crippen LogP) is 3.12. The van der Waals surface area contributed by atoms with Gasteiger partial charge in [-0.1, -0.05) is 12.1 Å². The van der Waals surface area contributed by atoms with Crippen LogP contribution in [0, 0.1) is 0 Å². The fourth-order valence-electron chi connectivity index (χ4n) is 3.72. The number of hydrogen-bond donors (Lipinski definition) is 0. The van der Waals surface area contributed by atoms with Gasteiger partial charge in [0.2, 0.25) is 0 Å². The lowest BCUT2D eigenvalue weighted by Gasteiger charge is -2.35. The average Bonchev–Trinajstić information content (AvgIpc) is 3.01. The highest BCUT2D eigenvalue weighted by atomic mass is 32.1. The summed E-state index contributed by atoms with van der Waals surface area (Å²) in [5.74, 6) is 0.292. The molecule has 6 nitrogen and oxygen atoms in total. The number of allylic oxidation sites excluding steroid dienone is 2. The number of rotatable bonds is 5. The summed E-state index contributed by atoms with van der Waals surface area (Å²) >= 11 is 5.32. The van der Waals surface area contributed by atoms with Gasteiger partial charge in [-0.05, 0) is 64.2 Å². The van der Waals surface area contributed by atoms with E-state index in [-0.39, 0.29) is 22.5 Å². The summed E-state index contributed by atoms with van der Waals surface area (Å²) < 4.78 is 0. The highest BCUT2D eigenvalue weighted by Gasteiger charge is 2.38. The van der Waals surface area contributed by atoms with Crippen LogP contribution in [0.4, 0.5) is 11.4 Å². The number of hydrogen-bond acceptors (Lipinski definition) is 5. The molecule has 2 heterocycles. The maximum Gasteiger partial charge on any atom is 0.265 e. The lowest BCUT2D eigenvalue weighted by Crippen LogP contribution is -2.55. The number of carbonyl (C=O) groups is 2. The van der Waals surface area contributed by atoms with Crippen molar-refractivity contribution in [1.29, 1.82) is 0 Å². The number of para-hydroxylation sites is 2. The normalized spacial score (nSPS) is 16.9. The third-order valence-corrected chi connectivity index (χ3v) is 5.53. The van der Waals surface area contributed by atoms with E-state index in [4.69, 9.17) is 12.2 Å². The molecular weight excluding hydrogens is 372 g/mol. The highest BCUT2D eigenvalue weighted by Crippen LogP contribution is 2.41. The van der Waals surface area contributed by atoms with Crippen LogP contribution in [-0.2, 0) is 9.59 Å². The fourth-order valence-corrected chi connectivity index (χ4v) is 4.14. The zero-order chi connectivity index (χ0) is 20.4. The Bertz CT molecular complexity index is 816. The SMILES string of the molecule is CCN1C(=O)C(=CC=C2N(CC)c3ccccc3N2CC)C(=O)N(CC)C1=S. The van der Waals surface area contributed by atoms with Crippen LogP contribution in [0.2, 0.25) is 0 Å². The first-order chi connectivity index (χ1) is 13.5. The number of amides is 2. The first-order valence-electron chi connectivity index (χ1n) is 9.73. The van der Waals surface area contributed by atoms with Gasteiger partial charge in [0.1, 0.15) is 11.4 Å². The Hall–Kier alpha value is -2.67. The summed E-state index contributed by atoms with van der Waals surface area (Å²) in [6.07, 6.45) is 3.51. The molecule has 3 rings (SSSR count). The molecule has 0 spiro atoms. The maximum absolute atomic E-state index is 12.8. The van der Waals surface area contributed by atoms with E-state index in [2.05, 4.69) is 35.8 Å². The van der Waals surface area contributed by atoms with Crippen LogP contribution in [0.5, 0.6) is 0 Å². The molecule has 0 aliphatic carbocycles. The Kier molecular flexibility index (Phi) is 5.84. The first kappa shape index (κ1) is 20.1. The van der Waals surface area contributed by atoms with Crippen molar-refractivity contribution >= 4 is 40.5 Å². The molecule has 1 aromatic carbocycles. The Morgan fingerprint density at radius 3 is 1.57 bits per heavy atom. The van der Waals surface area contributed by atoms with Gasteiger partial charge < -0.3 is 9.80 Å². The molecule has 7 heteroatoms. The molecule has 0 unspecified atom stereocenters. The molecule has 0 bridgehead atoms. The van der Waals surface area contributed by atoms with E-state index in [1.165, 1.54) is 9.80 Å². The summed E-state index contributed by atoms with van der Waals surface area (Å²) in [5, 5.41) is 0.281. The Morgan fingerprint density at radius 2 is 1.18 bits per heavy atom. The molecule has 2 aliphatic rings. The second kappa shape index (κ2) is 8.14. The molecule has 0 atom stereocenters. The lowest BCUT2D eigenvalue weighted by atomic mass is 10.1. The van der Waals surface area contributed by atoms with E-state index >= 15 is 0 Å². The van der Waals surface area contributed by atoms with Gasteiger partial charge in [0, 0.05) is 26.2 Å². The molecule has 1 saturated heterocycles. The Balaban J connectivity index is 2.04. The molecular formula is C21H26N4O2S. The minimum Gasteiger partial charge on any atom is -0.326 e. The van der Waals surface area contributed by atoms with Crippen LogP contribution in [0.1, 0.15) is 27.7 Å². The summed E-state index contributed by atoms with van der Waals surface area (Å²) in [5.41, 5.74) is 2.40. The summed E-state index contributed by atoms with van der Waals surface area (Å²) in [6.45, 7) is 10.3. The van der Waals surface area contributed by atoms with Crippen molar-refractivity contribution in [3.05, 3.63) is 47.8 Å². The number of likely N-dealkylation sites (N-methyl/N-ethyl adjacent to an activating group) is 2. The van der Waals surface area contributed by atoms with E-state index in [0.717, 1.165) is 30.3 Å². The standard InChI is InChI=1S/C21H26N4O2S/c1-5-22-16-11-9-10-12-17(16)23(6-2)18(22)14-13-15-19(26)24(7-3)21(28)25(8-4)20(15)27/h9-14H,5-8H2,1-4H3. The number of fused-ring (bicyclic) bond motifs is 1. The third kappa shape index (κ3) is 3.09. The van der Waals surface area contributed by atoms with Crippen molar-refractivity contribution in [3.8, 4) is 0 Å². The van der Waals surface area contributed by atoms with Crippen LogP contribution < -0.4 is 9.80 Å². The molecule has 0 radical (unpaired) electrons. The van der Waals surface area contributed by atoms with Gasteiger partial charge in [-0.25, -0.2) is 0 Å². The largest absolute Gasteiger partial charge is 0.326 e. The van der Waals surface area contributed by atoms with Gasteiger partial charge in [0.25, 0.3) is 11.8 Å². The summed E-state index contributed by atoms with van der Waals surface area (Å²) in [6, 6.07) is 8.21. The molecule has 0 aromatic heterocycles. The van der Waals surface area contributed by atoms with E-state index in [0.29, 0.717) is 13.1 Å². The fraction of sp³-hybridized carbons (Fsp3) is 0.381. The van der Waals surface area contributed by atoms with Crippen LogP contribution in [0.25, 0.3) is 0 Å². The van der Waals surface area contributed by atoms with Gasteiger partial charge >= 0.3 is 0 Å². The Morgan fingerprint density at radius 1 is 0.750 bits per heavy atom. The Labute approximate surface area is 171 Å². The number of carbonyl (C=O) groups excluding carboxylic acids is 2. The van der Waals surface area contributed by atoms with E-state index in [9.17, 15) is 9.59 Å². The molecule has 2 amide bonds. The third-order valence-electron chi connectivity index (χ3n) is 5.09. The molecule has 2 aliphatic heterocycles. The van der Waals surface area contributed by atoms with E-state index < -0.39 is 0 Å². The minimum absolute atomic E-state index is 0.146. The van der Waals surface area contributed by atoms with Crippen molar-refractivity contribution in [2.75, 3.05) is 36.0 Å². The van der Waals surface area contributed by atoms with Gasteiger partial charge in [-0.3, -0.25) is 19.4 Å². The molecule has 0 N–H and O–H groups in total. The van der Waals surface area contributed by atoms with Gasteiger partial charge in [-0.15, -0.1) is 0 Å². The van der Waals surface area contributed by atoms with Crippen LogP contribution in [0.3, 0.4) is 0 Å². The van der Waals surface area contributed by atoms with Crippen molar-refractivity contribution in [2.24, 2.45) is 0 Å². The predicted molar refractivity (Wildman–Crippen MR) is 116 cm³/mol. The average molecular weight is 399 g/mol. The topological polar surface area (TPSA) is 47.1 Å². The first-order valence-corrected chi connectivity index (χ1v) is 10.1. The zero-order valence-electron chi connectivity index (χ0n) is 16.8. The van der Waals surface area contributed by atoms with Crippen LogP contribution in [-0.4, -0.2) is 52.9 Å². The maximum atomic E-state index is 12.8. The van der Waals surface area contributed by atoms with Crippen LogP contribution in [0.15, 0.2) is 47.8 Å². The summed E-state index contributed by atoms with van der Waals surface area (Å²) in [7, 11) is 0. The molecule has 1 aromatic rings. The smallest absolute Gasteiger partial charge is 0.265 e. The van der Waals surface area contributed by atoms with E-state index in [1.807, 2.05) is 32.1 Å². The van der Waals surface area contributed by atoms with Crippen LogP contribution >= 0.6 is 12.2 Å². The van der Waals surface area contributed by atoms with Crippen molar-refractivity contribution in [1.82, 2.24) is 9.80 Å². The van der Waals surface area contributed by atoms with Gasteiger partial charge in [0.05, 0.1) is 11.4 Å². The molecule has 0 saturated carbocycles. The highest BCUT2D eigenvalue weighted by molar-refractivity contribution is 7.80. The minimum atomic E-state index is -0.333. The lowest BCUT2D eigenvalue weighted by molar-refractivity contribution is -0.133. The number of anilines is 2. The van der Waals surface area contributed by atoms with Crippen molar-refractivity contribution < 1.29 is 9.59 Å². The molecule has 1 fully saturated rings. The van der Waals surface area contributed by atoms with Gasteiger partial charge in [0.15, 0.2) is 5.11 Å². The second-order valence-electron chi connectivity index (χ2n) is 6.46. The molecule has 28 heavy (non-hydrogen) atoms.